The summed E-state index contributed by atoms with van der Waals surface area (Å²) in [5, 5.41) is 11.5. The van der Waals surface area contributed by atoms with Crippen LogP contribution in [0.5, 0.6) is 5.88 Å². The molecule has 4 unspecified atom stereocenters. The lowest BCUT2D eigenvalue weighted by Crippen LogP contribution is -2.43. The van der Waals surface area contributed by atoms with Crippen molar-refractivity contribution in [1.29, 1.82) is 5.26 Å². The predicted molar refractivity (Wildman–Crippen MR) is 129 cm³/mol. The van der Waals surface area contributed by atoms with Crippen LogP contribution in [0.15, 0.2) is 54.7 Å². The van der Waals surface area contributed by atoms with Gasteiger partial charge in [0.05, 0.1) is 52.0 Å². The van der Waals surface area contributed by atoms with Crippen LogP contribution in [0.25, 0.3) is 10.8 Å². The highest BCUT2D eigenvalue weighted by Crippen LogP contribution is 2.62. The fourth-order valence-corrected chi connectivity index (χ4v) is 6.31. The number of nitriles is 1. The van der Waals surface area contributed by atoms with Gasteiger partial charge in [0.1, 0.15) is 0 Å². The number of amides is 2. The van der Waals surface area contributed by atoms with Crippen LogP contribution in [0.4, 0.5) is 5.69 Å². The van der Waals surface area contributed by atoms with E-state index in [9.17, 15) is 14.9 Å². The Morgan fingerprint density at radius 3 is 2.63 bits per heavy atom. The average Bonchev–Trinajstić information content (AvgIpc) is 3.44. The highest BCUT2D eigenvalue weighted by atomic mass is 35.5. The number of carbonyl (C=O) groups excluding carboxylic acids is 2. The Bertz CT molecular complexity index is 1420. The molecule has 3 aliphatic heterocycles. The summed E-state index contributed by atoms with van der Waals surface area (Å²) in [5.41, 5.74) is -0.449. The van der Waals surface area contributed by atoms with Gasteiger partial charge in [-0.25, -0.2) is 9.88 Å². The van der Waals surface area contributed by atoms with E-state index in [1.54, 1.807) is 24.3 Å². The second-order valence-corrected chi connectivity index (χ2v) is 10.1. The molecule has 2 amide bonds. The molecule has 2 bridgehead atoms. The summed E-state index contributed by atoms with van der Waals surface area (Å²) in [7, 11) is 0. The molecule has 0 saturated carbocycles. The van der Waals surface area contributed by atoms with E-state index < -0.39 is 23.0 Å². The SMILES string of the molecule is CC12CCC(CCOc3ccc(Cl)cn3)(O1)C1C(=O)N(c3ccc(C#N)c4ccccc34)C(=O)C12. The molecular formula is C27H22ClN3O4. The number of anilines is 1. The molecule has 176 valence electrons. The number of hydrogen-bond acceptors (Lipinski definition) is 6. The zero-order chi connectivity index (χ0) is 24.4. The van der Waals surface area contributed by atoms with E-state index in [1.807, 2.05) is 31.2 Å². The summed E-state index contributed by atoms with van der Waals surface area (Å²) in [5.74, 6) is -1.17. The quantitative estimate of drug-likeness (QED) is 0.486. The summed E-state index contributed by atoms with van der Waals surface area (Å²) in [6.07, 6.45) is 3.37. The third-order valence-electron chi connectivity index (χ3n) is 7.75. The van der Waals surface area contributed by atoms with Crippen LogP contribution in [-0.2, 0) is 14.3 Å². The van der Waals surface area contributed by atoms with Crippen molar-refractivity contribution in [1.82, 2.24) is 4.98 Å². The van der Waals surface area contributed by atoms with Crippen molar-refractivity contribution in [2.45, 2.75) is 37.4 Å². The Labute approximate surface area is 207 Å². The molecule has 2 aromatic carbocycles. The van der Waals surface area contributed by atoms with E-state index in [0.717, 1.165) is 0 Å². The molecular weight excluding hydrogens is 466 g/mol. The van der Waals surface area contributed by atoms with Crippen LogP contribution in [0, 0.1) is 23.2 Å². The predicted octanol–water partition coefficient (Wildman–Crippen LogP) is 4.66. The van der Waals surface area contributed by atoms with Crippen molar-refractivity contribution >= 4 is 39.9 Å². The molecule has 3 aromatic rings. The minimum atomic E-state index is -0.768. The van der Waals surface area contributed by atoms with Crippen LogP contribution in [0.3, 0.4) is 0 Å². The monoisotopic (exact) mass is 487 g/mol. The molecule has 0 N–H and O–H groups in total. The lowest BCUT2D eigenvalue weighted by atomic mass is 9.67. The number of pyridine rings is 1. The topological polar surface area (TPSA) is 92.5 Å². The molecule has 4 atom stereocenters. The van der Waals surface area contributed by atoms with Crippen molar-refractivity contribution in [3.63, 3.8) is 0 Å². The molecule has 4 heterocycles. The third-order valence-corrected chi connectivity index (χ3v) is 7.97. The maximum Gasteiger partial charge on any atom is 0.240 e. The van der Waals surface area contributed by atoms with Gasteiger partial charge >= 0.3 is 0 Å². The molecule has 0 radical (unpaired) electrons. The lowest BCUT2D eigenvalue weighted by molar-refractivity contribution is -0.131. The van der Waals surface area contributed by atoms with E-state index in [0.29, 0.717) is 58.8 Å². The van der Waals surface area contributed by atoms with Gasteiger partial charge in [0.2, 0.25) is 17.7 Å². The van der Waals surface area contributed by atoms with Gasteiger partial charge < -0.3 is 9.47 Å². The minimum absolute atomic E-state index is 0.237. The zero-order valence-electron chi connectivity index (χ0n) is 19.0. The van der Waals surface area contributed by atoms with E-state index in [2.05, 4.69) is 11.1 Å². The number of hydrogen-bond donors (Lipinski definition) is 0. The first kappa shape index (κ1) is 22.0. The van der Waals surface area contributed by atoms with Crippen molar-refractivity contribution in [2.24, 2.45) is 11.8 Å². The number of benzene rings is 2. The highest BCUT2D eigenvalue weighted by molar-refractivity contribution is 6.30. The smallest absolute Gasteiger partial charge is 0.240 e. The number of nitrogens with zero attached hydrogens (tertiary/aromatic N) is 3. The maximum absolute atomic E-state index is 13.9. The van der Waals surface area contributed by atoms with Crippen molar-refractivity contribution in [2.75, 3.05) is 11.5 Å². The fourth-order valence-electron chi connectivity index (χ4n) is 6.20. The first-order valence-corrected chi connectivity index (χ1v) is 12.0. The van der Waals surface area contributed by atoms with Crippen LogP contribution < -0.4 is 9.64 Å². The number of imide groups is 1. The zero-order valence-corrected chi connectivity index (χ0v) is 19.8. The Morgan fingerprint density at radius 1 is 1.11 bits per heavy atom. The summed E-state index contributed by atoms with van der Waals surface area (Å²) in [6.45, 7) is 2.24. The van der Waals surface area contributed by atoms with E-state index in [4.69, 9.17) is 21.1 Å². The van der Waals surface area contributed by atoms with Crippen molar-refractivity contribution in [3.8, 4) is 11.9 Å². The molecule has 7 nitrogen and oxygen atoms in total. The Morgan fingerprint density at radius 2 is 1.89 bits per heavy atom. The minimum Gasteiger partial charge on any atom is -0.478 e. The number of fused-ring (bicyclic) bond motifs is 6. The standard InChI is InChI=1S/C27H22ClN3O4/c1-26-10-11-27(35-26,12-13-34-21-9-7-17(28)15-30-21)23-22(26)24(32)31(25(23)33)20-8-6-16(14-29)18-4-2-3-5-19(18)20/h2-9,15,22-23H,10-13H2,1H3. The first-order valence-electron chi connectivity index (χ1n) is 11.6. The second-order valence-electron chi connectivity index (χ2n) is 9.65. The molecule has 0 aliphatic carbocycles. The first-order chi connectivity index (χ1) is 16.9. The number of aromatic nitrogens is 1. The van der Waals surface area contributed by atoms with Gasteiger partial charge in [0.25, 0.3) is 0 Å². The van der Waals surface area contributed by atoms with Gasteiger partial charge in [-0.1, -0.05) is 35.9 Å². The highest BCUT2D eigenvalue weighted by Gasteiger charge is 2.73. The van der Waals surface area contributed by atoms with Crippen LogP contribution in [0.2, 0.25) is 5.02 Å². The molecule has 1 aromatic heterocycles. The molecule has 6 rings (SSSR count). The van der Waals surface area contributed by atoms with E-state index in [1.165, 1.54) is 11.1 Å². The maximum atomic E-state index is 13.9. The molecule has 3 saturated heterocycles. The van der Waals surface area contributed by atoms with Crippen LogP contribution in [0.1, 0.15) is 31.7 Å². The normalized spacial score (nSPS) is 29.0. The fraction of sp³-hybridized carbons (Fsp3) is 0.333. The number of halogens is 1. The molecule has 35 heavy (non-hydrogen) atoms. The lowest BCUT2D eigenvalue weighted by Gasteiger charge is -2.31. The van der Waals surface area contributed by atoms with E-state index in [-0.39, 0.29) is 11.8 Å². The van der Waals surface area contributed by atoms with E-state index >= 15 is 0 Å². The van der Waals surface area contributed by atoms with Crippen molar-refractivity contribution in [3.05, 3.63) is 65.3 Å². The van der Waals surface area contributed by atoms with Gasteiger partial charge in [-0.2, -0.15) is 5.26 Å². The van der Waals surface area contributed by atoms with Crippen molar-refractivity contribution < 1.29 is 19.1 Å². The Kier molecular flexibility index (Phi) is 4.89. The number of rotatable bonds is 5. The number of ether oxygens (including phenoxy) is 2. The molecule has 8 heteroatoms. The van der Waals surface area contributed by atoms with Gasteiger partial charge in [-0.15, -0.1) is 0 Å². The molecule has 0 spiro atoms. The Balaban J connectivity index is 1.33. The molecule has 3 fully saturated rings. The summed E-state index contributed by atoms with van der Waals surface area (Å²) in [6, 6.07) is 16.3. The summed E-state index contributed by atoms with van der Waals surface area (Å²) in [4.78, 5) is 33.1. The largest absolute Gasteiger partial charge is 0.478 e. The van der Waals surface area contributed by atoms with Gasteiger partial charge in [0, 0.05) is 29.5 Å². The van der Waals surface area contributed by atoms with Gasteiger partial charge in [-0.3, -0.25) is 9.59 Å². The van der Waals surface area contributed by atoms with Gasteiger partial charge in [0.15, 0.2) is 0 Å². The van der Waals surface area contributed by atoms with Crippen LogP contribution >= 0.6 is 11.6 Å². The summed E-state index contributed by atoms with van der Waals surface area (Å²) < 4.78 is 12.3. The molecule has 3 aliphatic rings. The van der Waals surface area contributed by atoms with Gasteiger partial charge in [-0.05, 0) is 38.0 Å². The second kappa shape index (κ2) is 7.77. The average molecular weight is 488 g/mol. The third kappa shape index (κ3) is 3.17. The Hall–Kier alpha value is -3.47. The summed E-state index contributed by atoms with van der Waals surface area (Å²) >= 11 is 5.89. The van der Waals surface area contributed by atoms with Crippen LogP contribution in [-0.4, -0.2) is 34.6 Å². The number of carbonyl (C=O) groups is 2.